The van der Waals surface area contributed by atoms with Crippen LogP contribution in [0.2, 0.25) is 0 Å². The first-order valence-corrected chi connectivity index (χ1v) is 39.6. The van der Waals surface area contributed by atoms with Gasteiger partial charge in [0.2, 0.25) is 5.91 Å². The molecule has 0 heterocycles. The minimum Gasteiger partial charge on any atom is -0.466 e. The molecule has 1 amide bonds. The van der Waals surface area contributed by atoms with Gasteiger partial charge in [-0.15, -0.1) is 0 Å². The van der Waals surface area contributed by atoms with E-state index in [0.29, 0.717) is 19.4 Å². The highest BCUT2D eigenvalue weighted by Crippen LogP contribution is 2.20. The van der Waals surface area contributed by atoms with E-state index in [1.165, 1.54) is 385 Å². The van der Waals surface area contributed by atoms with Gasteiger partial charge >= 0.3 is 5.97 Å². The Labute approximate surface area is 539 Å². The standard InChI is InChI=1S/C80H155NO5/c1-3-5-7-9-11-13-15-17-19-21-40-44-48-52-56-60-64-68-72-78(83)77(76-82)81-79(84)73-69-65-61-57-53-49-45-41-38-36-34-32-30-28-26-24-23-25-27-29-31-33-35-37-39-43-47-51-55-59-63-67-71-75-86-80(85)74-70-66-62-58-54-50-46-42-22-20-18-16-14-12-10-8-6-4-2/h20,22,68,72,77-78,82-83H,3-19,21,23-67,69-71,73-76H2,1-2H3,(H,81,84)/b22-20-,72-68+. The zero-order valence-electron chi connectivity index (χ0n) is 58.6. The zero-order valence-corrected chi connectivity index (χ0v) is 58.6. The number of hydrogen-bond donors (Lipinski definition) is 3. The van der Waals surface area contributed by atoms with Crippen molar-refractivity contribution in [3.05, 3.63) is 24.3 Å². The minimum atomic E-state index is -0.841. The van der Waals surface area contributed by atoms with Gasteiger partial charge in [-0.1, -0.05) is 404 Å². The number of amides is 1. The molecule has 2 unspecified atom stereocenters. The summed E-state index contributed by atoms with van der Waals surface area (Å²) in [6.45, 7) is 4.95. The summed E-state index contributed by atoms with van der Waals surface area (Å²) in [5.41, 5.74) is 0. The Hall–Kier alpha value is -1.66. The Bertz CT molecular complexity index is 1350. The number of hydrogen-bond acceptors (Lipinski definition) is 5. The van der Waals surface area contributed by atoms with Crippen molar-refractivity contribution < 1.29 is 24.5 Å². The predicted octanol–water partition coefficient (Wildman–Crippen LogP) is 26.0. The van der Waals surface area contributed by atoms with Crippen molar-refractivity contribution in [1.29, 1.82) is 0 Å². The summed E-state index contributed by atoms with van der Waals surface area (Å²) in [6, 6.07) is -0.624. The number of esters is 1. The summed E-state index contributed by atoms with van der Waals surface area (Å²) in [4.78, 5) is 24.6. The number of carbonyl (C=O) groups excluding carboxylic acids is 2. The lowest BCUT2D eigenvalue weighted by Crippen LogP contribution is -2.45. The van der Waals surface area contributed by atoms with E-state index in [9.17, 15) is 19.8 Å². The van der Waals surface area contributed by atoms with Crippen LogP contribution in [0.15, 0.2) is 24.3 Å². The first kappa shape index (κ1) is 84.3. The molecule has 0 bridgehead atoms. The van der Waals surface area contributed by atoms with Crippen molar-refractivity contribution in [2.45, 2.75) is 463 Å². The molecule has 510 valence electrons. The fourth-order valence-electron chi connectivity index (χ4n) is 12.7. The molecule has 0 spiro atoms. The molecular weight excluding hydrogens is 1050 g/mol. The van der Waals surface area contributed by atoms with Gasteiger partial charge in [-0.05, 0) is 57.8 Å². The number of aliphatic hydroxyl groups excluding tert-OH is 2. The van der Waals surface area contributed by atoms with E-state index in [4.69, 9.17) is 4.74 Å². The van der Waals surface area contributed by atoms with Gasteiger partial charge in [-0.25, -0.2) is 0 Å². The van der Waals surface area contributed by atoms with E-state index in [1.807, 2.05) is 6.08 Å². The van der Waals surface area contributed by atoms with Crippen LogP contribution in [-0.2, 0) is 14.3 Å². The third-order valence-corrected chi connectivity index (χ3v) is 18.7. The quantitative estimate of drug-likeness (QED) is 0.0320. The van der Waals surface area contributed by atoms with Gasteiger partial charge in [0.1, 0.15) is 0 Å². The second-order valence-corrected chi connectivity index (χ2v) is 27.4. The van der Waals surface area contributed by atoms with Gasteiger partial charge in [0, 0.05) is 12.8 Å². The van der Waals surface area contributed by atoms with E-state index < -0.39 is 12.1 Å². The molecular formula is C80H155NO5. The molecule has 0 saturated heterocycles. The monoisotopic (exact) mass is 1210 g/mol. The molecule has 0 rings (SSSR count). The van der Waals surface area contributed by atoms with Gasteiger partial charge in [-0.3, -0.25) is 9.59 Å². The van der Waals surface area contributed by atoms with Gasteiger partial charge in [-0.2, -0.15) is 0 Å². The maximum Gasteiger partial charge on any atom is 0.305 e. The van der Waals surface area contributed by atoms with Crippen LogP contribution in [0.4, 0.5) is 0 Å². The van der Waals surface area contributed by atoms with Gasteiger partial charge in [0.25, 0.3) is 0 Å². The lowest BCUT2D eigenvalue weighted by Gasteiger charge is -2.20. The van der Waals surface area contributed by atoms with Crippen molar-refractivity contribution >= 4 is 11.9 Å². The Morgan fingerprint density at radius 3 is 0.826 bits per heavy atom. The van der Waals surface area contributed by atoms with E-state index in [-0.39, 0.29) is 18.5 Å². The average molecular weight is 1210 g/mol. The van der Waals surface area contributed by atoms with Crippen molar-refractivity contribution in [2.24, 2.45) is 0 Å². The second kappa shape index (κ2) is 75.8. The summed E-state index contributed by atoms with van der Waals surface area (Å²) in [5.74, 6) is -0.0395. The Morgan fingerprint density at radius 1 is 0.314 bits per heavy atom. The molecule has 0 aliphatic carbocycles. The van der Waals surface area contributed by atoms with E-state index in [0.717, 1.165) is 38.5 Å². The molecule has 0 aromatic carbocycles. The van der Waals surface area contributed by atoms with Crippen LogP contribution in [0, 0.1) is 0 Å². The van der Waals surface area contributed by atoms with E-state index in [1.54, 1.807) is 6.08 Å². The summed E-state index contributed by atoms with van der Waals surface area (Å²) in [7, 11) is 0. The van der Waals surface area contributed by atoms with Crippen LogP contribution in [0.3, 0.4) is 0 Å². The molecule has 2 atom stereocenters. The van der Waals surface area contributed by atoms with Crippen LogP contribution in [-0.4, -0.2) is 47.4 Å². The number of carbonyl (C=O) groups is 2. The molecule has 0 radical (unpaired) electrons. The number of allylic oxidation sites excluding steroid dienone is 3. The first-order chi connectivity index (χ1) is 42.5. The number of unbranched alkanes of at least 4 members (excludes halogenated alkanes) is 62. The molecule has 0 aromatic rings. The highest BCUT2D eigenvalue weighted by molar-refractivity contribution is 5.76. The van der Waals surface area contributed by atoms with Crippen LogP contribution >= 0.6 is 0 Å². The largest absolute Gasteiger partial charge is 0.466 e. The molecule has 0 fully saturated rings. The second-order valence-electron chi connectivity index (χ2n) is 27.4. The fraction of sp³-hybridized carbons (Fsp3) is 0.925. The highest BCUT2D eigenvalue weighted by atomic mass is 16.5. The molecule has 3 N–H and O–H groups in total. The third-order valence-electron chi connectivity index (χ3n) is 18.7. The lowest BCUT2D eigenvalue weighted by molar-refractivity contribution is -0.143. The Morgan fingerprint density at radius 2 is 0.547 bits per heavy atom. The lowest BCUT2D eigenvalue weighted by atomic mass is 10.0. The normalized spacial score (nSPS) is 12.6. The van der Waals surface area contributed by atoms with Crippen LogP contribution < -0.4 is 5.32 Å². The molecule has 0 aliphatic rings. The minimum absolute atomic E-state index is 0.0195. The first-order valence-electron chi connectivity index (χ1n) is 39.6. The van der Waals surface area contributed by atoms with Crippen LogP contribution in [0.1, 0.15) is 450 Å². The summed E-state index contributed by atoms with van der Waals surface area (Å²) >= 11 is 0. The molecule has 0 aromatic heterocycles. The van der Waals surface area contributed by atoms with Crippen molar-refractivity contribution in [3.63, 3.8) is 0 Å². The van der Waals surface area contributed by atoms with Gasteiger partial charge in [0.15, 0.2) is 0 Å². The van der Waals surface area contributed by atoms with Crippen molar-refractivity contribution in [2.75, 3.05) is 13.2 Å². The number of nitrogens with one attached hydrogen (secondary N) is 1. The molecule has 6 heteroatoms. The zero-order chi connectivity index (χ0) is 62.0. The topological polar surface area (TPSA) is 95.9 Å². The van der Waals surface area contributed by atoms with Crippen molar-refractivity contribution in [1.82, 2.24) is 5.32 Å². The Balaban J connectivity index is 3.32. The number of aliphatic hydroxyl groups is 2. The molecule has 0 saturated carbocycles. The summed E-state index contributed by atoms with van der Waals surface area (Å²) in [6.07, 6.45) is 97.3. The molecule has 0 aliphatic heterocycles. The van der Waals surface area contributed by atoms with Crippen LogP contribution in [0.25, 0.3) is 0 Å². The number of ether oxygens (including phenoxy) is 1. The third kappa shape index (κ3) is 71.4. The summed E-state index contributed by atoms with van der Waals surface area (Å²) in [5, 5.41) is 23.2. The van der Waals surface area contributed by atoms with E-state index >= 15 is 0 Å². The number of rotatable bonds is 75. The highest BCUT2D eigenvalue weighted by Gasteiger charge is 2.18. The van der Waals surface area contributed by atoms with E-state index in [2.05, 4.69) is 31.3 Å². The molecule has 86 heavy (non-hydrogen) atoms. The predicted molar refractivity (Wildman–Crippen MR) is 380 cm³/mol. The van der Waals surface area contributed by atoms with Gasteiger partial charge < -0.3 is 20.3 Å². The smallest absolute Gasteiger partial charge is 0.305 e. The fourth-order valence-corrected chi connectivity index (χ4v) is 12.7. The Kier molecular flexibility index (Phi) is 74.3. The maximum absolute atomic E-state index is 12.5. The average Bonchev–Trinajstić information content (AvgIpc) is 3.54. The van der Waals surface area contributed by atoms with Gasteiger partial charge in [0.05, 0.1) is 25.4 Å². The maximum atomic E-state index is 12.5. The van der Waals surface area contributed by atoms with Crippen molar-refractivity contribution in [3.8, 4) is 0 Å². The molecule has 6 nitrogen and oxygen atoms in total. The summed E-state index contributed by atoms with van der Waals surface area (Å²) < 4.78 is 5.51. The van der Waals surface area contributed by atoms with Crippen LogP contribution in [0.5, 0.6) is 0 Å². The SMILES string of the molecule is CCCCCCCCC/C=C\CCCCCCCCCC(=O)OCCCCCCCCCCCCCCCCCCCCCCCCCCCCCCCCCCCC(=O)NC(CO)C(O)/C=C/CCCCCCCCCCCCCCCCCC.